The number of rotatable bonds is 4. The van der Waals surface area contributed by atoms with Gasteiger partial charge >= 0.3 is 0 Å². The number of ether oxygens (including phenoxy) is 1. The van der Waals surface area contributed by atoms with Gasteiger partial charge in [-0.25, -0.2) is 17.8 Å². The number of amides is 1. The Balaban J connectivity index is 1.37. The molecule has 0 radical (unpaired) electrons. The van der Waals surface area contributed by atoms with Gasteiger partial charge in [0.2, 0.25) is 0 Å². The van der Waals surface area contributed by atoms with Crippen molar-refractivity contribution in [2.24, 2.45) is 0 Å². The molecule has 8 nitrogen and oxygen atoms in total. The van der Waals surface area contributed by atoms with Crippen LogP contribution >= 0.6 is 0 Å². The molecule has 1 amide bonds. The first-order chi connectivity index (χ1) is 16.4. The van der Waals surface area contributed by atoms with E-state index < -0.39 is 27.7 Å². The van der Waals surface area contributed by atoms with Gasteiger partial charge in [-0.05, 0) is 54.6 Å². The number of fused-ring (bicyclic) bond motifs is 1. The molecule has 0 bridgehead atoms. The van der Waals surface area contributed by atoms with E-state index in [1.54, 1.807) is 24.4 Å². The van der Waals surface area contributed by atoms with E-state index in [0.29, 0.717) is 11.4 Å². The number of pyridine rings is 2. The van der Waals surface area contributed by atoms with Crippen molar-refractivity contribution in [3.63, 3.8) is 0 Å². The van der Waals surface area contributed by atoms with E-state index in [2.05, 4.69) is 15.3 Å². The molecule has 0 spiro atoms. The van der Waals surface area contributed by atoms with E-state index in [-0.39, 0.29) is 24.4 Å². The van der Waals surface area contributed by atoms with Gasteiger partial charge in [-0.1, -0.05) is 12.1 Å². The van der Waals surface area contributed by atoms with E-state index in [9.17, 15) is 17.6 Å². The monoisotopic (exact) mass is 478 g/mol. The highest BCUT2D eigenvalue weighted by Gasteiger charge is 2.27. The second kappa shape index (κ2) is 8.81. The Morgan fingerprint density at radius 3 is 2.74 bits per heavy atom. The minimum absolute atomic E-state index is 0.0823. The van der Waals surface area contributed by atoms with Gasteiger partial charge in [-0.15, -0.1) is 0 Å². The molecular weight excluding hydrogens is 459 g/mol. The third-order valence-corrected chi connectivity index (χ3v) is 6.89. The van der Waals surface area contributed by atoms with Crippen molar-refractivity contribution in [1.29, 1.82) is 0 Å². The number of hydrogen-bond donors (Lipinski definition) is 1. The van der Waals surface area contributed by atoms with Crippen LogP contribution < -0.4 is 9.62 Å². The van der Waals surface area contributed by atoms with E-state index >= 15 is 0 Å². The fraction of sp³-hybridized carbons (Fsp3) is 0.125. The van der Waals surface area contributed by atoms with E-state index in [1.165, 1.54) is 12.1 Å². The number of carbonyl (C=O) groups excluding carboxylic acids is 1. The van der Waals surface area contributed by atoms with Crippen LogP contribution in [0.15, 0.2) is 72.9 Å². The van der Waals surface area contributed by atoms with Crippen molar-refractivity contribution >= 4 is 38.3 Å². The minimum Gasteiger partial charge on any atom is -0.362 e. The second-order valence-corrected chi connectivity index (χ2v) is 9.49. The molecule has 4 aromatic rings. The van der Waals surface area contributed by atoms with Crippen LogP contribution in [-0.4, -0.2) is 43.4 Å². The van der Waals surface area contributed by atoms with Gasteiger partial charge in [0.1, 0.15) is 5.82 Å². The van der Waals surface area contributed by atoms with Crippen LogP contribution in [0.1, 0.15) is 10.4 Å². The topological polar surface area (TPSA) is 101 Å². The maximum atomic E-state index is 14.8. The Bertz CT molecular complexity index is 1510. The minimum atomic E-state index is -3.69. The summed E-state index contributed by atoms with van der Waals surface area (Å²) in [4.78, 5) is 21.6. The number of carbonyl (C=O) groups is 1. The van der Waals surface area contributed by atoms with E-state index in [0.717, 1.165) is 27.0 Å². The van der Waals surface area contributed by atoms with Gasteiger partial charge in [0.15, 0.2) is 5.94 Å². The van der Waals surface area contributed by atoms with Gasteiger partial charge in [-0.2, -0.15) is 0 Å². The summed E-state index contributed by atoms with van der Waals surface area (Å²) in [6.07, 6.45) is 1.70. The molecule has 2 aromatic heterocycles. The zero-order chi connectivity index (χ0) is 23.7. The Morgan fingerprint density at radius 2 is 1.91 bits per heavy atom. The number of hydrogen-bond acceptors (Lipinski definition) is 6. The van der Waals surface area contributed by atoms with Crippen LogP contribution in [-0.2, 0) is 14.8 Å². The van der Waals surface area contributed by atoms with Crippen LogP contribution in [0.5, 0.6) is 0 Å². The maximum Gasteiger partial charge on any atom is 0.259 e. The van der Waals surface area contributed by atoms with Crippen LogP contribution in [0.4, 0.5) is 15.8 Å². The molecule has 1 aliphatic rings. The summed E-state index contributed by atoms with van der Waals surface area (Å²) in [6, 6.07) is 18.2. The first kappa shape index (κ1) is 21.9. The molecule has 0 atom stereocenters. The summed E-state index contributed by atoms with van der Waals surface area (Å²) in [5, 5.41) is 2.69. The highest BCUT2D eigenvalue weighted by molar-refractivity contribution is 7.92. The number of nitrogens with one attached hydrogen (secondary N) is 1. The number of aromatic nitrogens is 2. The molecular formula is C24H19FN4O4S. The van der Waals surface area contributed by atoms with E-state index in [1.807, 2.05) is 30.3 Å². The summed E-state index contributed by atoms with van der Waals surface area (Å²) in [6.45, 7) is 0.293. The highest BCUT2D eigenvalue weighted by Crippen LogP contribution is 2.26. The second-order valence-electron chi connectivity index (χ2n) is 7.65. The molecule has 10 heteroatoms. The molecule has 0 aliphatic carbocycles. The molecule has 0 saturated carbocycles. The Hall–Kier alpha value is -3.89. The van der Waals surface area contributed by atoms with Crippen molar-refractivity contribution in [1.82, 2.24) is 9.97 Å². The normalized spacial score (nSPS) is 15.3. The summed E-state index contributed by atoms with van der Waals surface area (Å²) in [5.74, 6) is -1.94. The fourth-order valence-electron chi connectivity index (χ4n) is 3.72. The number of halogens is 1. The molecule has 172 valence electrons. The SMILES string of the molecule is O=C(Nc1cccc(-c2ccc3ncccc3n2)c1)c1ccc(N2CCOCS2(=O)=O)cc1F. The highest BCUT2D eigenvalue weighted by atomic mass is 32.2. The zero-order valence-electron chi connectivity index (χ0n) is 17.8. The Kier molecular flexibility index (Phi) is 5.68. The van der Waals surface area contributed by atoms with Crippen LogP contribution in [0.2, 0.25) is 0 Å². The van der Waals surface area contributed by atoms with Gasteiger partial charge in [-0.3, -0.25) is 14.1 Å². The summed E-state index contributed by atoms with van der Waals surface area (Å²) in [5.41, 5.74) is 3.43. The van der Waals surface area contributed by atoms with Gasteiger partial charge in [0.05, 0.1) is 41.1 Å². The molecule has 1 fully saturated rings. The number of anilines is 2. The number of sulfonamides is 1. The van der Waals surface area contributed by atoms with Crippen molar-refractivity contribution in [2.45, 2.75) is 0 Å². The summed E-state index contributed by atoms with van der Waals surface area (Å²) >= 11 is 0. The van der Waals surface area contributed by atoms with E-state index in [4.69, 9.17) is 4.74 Å². The predicted octanol–water partition coefficient (Wildman–Crippen LogP) is 3.81. The largest absolute Gasteiger partial charge is 0.362 e. The Morgan fingerprint density at radius 1 is 1.03 bits per heavy atom. The maximum absolute atomic E-state index is 14.8. The molecule has 34 heavy (non-hydrogen) atoms. The number of benzene rings is 2. The average molecular weight is 479 g/mol. The van der Waals surface area contributed by atoms with Crippen LogP contribution in [0.3, 0.4) is 0 Å². The van der Waals surface area contributed by atoms with Crippen molar-refractivity contribution in [2.75, 3.05) is 28.7 Å². The smallest absolute Gasteiger partial charge is 0.259 e. The first-order valence-corrected chi connectivity index (χ1v) is 12.0. The lowest BCUT2D eigenvalue weighted by Gasteiger charge is -2.28. The van der Waals surface area contributed by atoms with Crippen molar-refractivity contribution < 1.29 is 22.3 Å². The molecule has 1 saturated heterocycles. The number of nitrogens with zero attached hydrogens (tertiary/aromatic N) is 3. The average Bonchev–Trinajstić information content (AvgIpc) is 2.83. The Labute approximate surface area is 195 Å². The van der Waals surface area contributed by atoms with Gasteiger partial charge < -0.3 is 10.1 Å². The summed E-state index contributed by atoms with van der Waals surface area (Å²) < 4.78 is 45.1. The lowest BCUT2D eigenvalue weighted by atomic mass is 10.1. The van der Waals surface area contributed by atoms with Crippen LogP contribution in [0, 0.1) is 5.82 Å². The van der Waals surface area contributed by atoms with Gasteiger partial charge in [0, 0.05) is 17.4 Å². The third-order valence-electron chi connectivity index (χ3n) is 5.36. The lowest BCUT2D eigenvalue weighted by Crippen LogP contribution is -2.41. The fourth-order valence-corrected chi connectivity index (χ4v) is 4.96. The molecule has 0 unspecified atom stereocenters. The van der Waals surface area contributed by atoms with Crippen LogP contribution in [0.25, 0.3) is 22.3 Å². The molecule has 1 aliphatic heterocycles. The quantitative estimate of drug-likeness (QED) is 0.479. The first-order valence-electron chi connectivity index (χ1n) is 10.4. The van der Waals surface area contributed by atoms with Gasteiger partial charge in [0.25, 0.3) is 15.9 Å². The zero-order valence-corrected chi connectivity index (χ0v) is 18.6. The lowest BCUT2D eigenvalue weighted by molar-refractivity contribution is 0.102. The molecule has 1 N–H and O–H groups in total. The van der Waals surface area contributed by atoms with Crippen molar-refractivity contribution in [3.05, 3.63) is 84.3 Å². The molecule has 2 aromatic carbocycles. The molecule has 3 heterocycles. The molecule has 5 rings (SSSR count). The van der Waals surface area contributed by atoms with Crippen molar-refractivity contribution in [3.8, 4) is 11.3 Å². The summed E-state index contributed by atoms with van der Waals surface area (Å²) in [7, 11) is -3.69. The predicted molar refractivity (Wildman–Crippen MR) is 126 cm³/mol. The standard InChI is InChI=1S/C24H19FN4O4S/c25-20-14-18(29-11-12-33-15-34(29,31)32)6-7-19(20)24(30)27-17-4-1-3-16(13-17)21-8-9-22-23(28-21)5-2-10-26-22/h1-10,13-14H,11-12,15H2,(H,27,30). The third kappa shape index (κ3) is 4.33.